The minimum Gasteiger partial charge on any atom is -0.355 e. The van der Waals surface area contributed by atoms with Crippen LogP contribution in [0.5, 0.6) is 0 Å². The number of nitrogens with zero attached hydrogens (tertiary/aromatic N) is 1. The monoisotopic (exact) mass is 294 g/mol. The average Bonchev–Trinajstić information content (AvgIpc) is 2.66. The predicted molar refractivity (Wildman–Crippen MR) is 72.4 cm³/mol. The van der Waals surface area contributed by atoms with Gasteiger partial charge in [0.15, 0.2) is 0 Å². The number of hydrogen-bond donors (Lipinski definition) is 1. The molecule has 6 heteroatoms. The van der Waals surface area contributed by atoms with Crippen LogP contribution in [-0.4, -0.2) is 41.7 Å². The van der Waals surface area contributed by atoms with Gasteiger partial charge in [-0.25, -0.2) is 0 Å². The third-order valence-electron chi connectivity index (χ3n) is 4.03. The zero-order valence-corrected chi connectivity index (χ0v) is 12.5. The Morgan fingerprint density at radius 1 is 1.25 bits per heavy atom. The highest BCUT2D eigenvalue weighted by molar-refractivity contribution is 5.81. The van der Waals surface area contributed by atoms with E-state index in [1.165, 1.54) is 0 Å². The van der Waals surface area contributed by atoms with E-state index in [0.717, 1.165) is 12.8 Å². The van der Waals surface area contributed by atoms with Gasteiger partial charge in [0.1, 0.15) is 0 Å². The second-order valence-corrected chi connectivity index (χ2v) is 5.76. The van der Waals surface area contributed by atoms with Crippen LogP contribution in [0.15, 0.2) is 0 Å². The van der Waals surface area contributed by atoms with Gasteiger partial charge in [-0.05, 0) is 46.5 Å². The Morgan fingerprint density at radius 2 is 1.80 bits per heavy atom. The van der Waals surface area contributed by atoms with Crippen LogP contribution < -0.4 is 5.32 Å². The Balaban J connectivity index is 2.25. The normalized spacial score (nSPS) is 25.7. The lowest BCUT2D eigenvalue weighted by atomic mass is 10.2. The summed E-state index contributed by atoms with van der Waals surface area (Å²) in [6.45, 7) is 6.40. The van der Waals surface area contributed by atoms with Gasteiger partial charge < -0.3 is 5.32 Å². The molecule has 0 aromatic rings. The number of unbranched alkanes of at least 4 members (excludes halogenated alkanes) is 1. The first-order valence-corrected chi connectivity index (χ1v) is 7.34. The van der Waals surface area contributed by atoms with Crippen molar-refractivity contribution in [1.82, 2.24) is 10.2 Å². The van der Waals surface area contributed by atoms with Crippen molar-refractivity contribution < 1.29 is 18.0 Å². The molecule has 0 unspecified atom stereocenters. The lowest BCUT2D eigenvalue weighted by Crippen LogP contribution is -2.49. The molecule has 3 atom stereocenters. The van der Waals surface area contributed by atoms with Crippen molar-refractivity contribution in [2.45, 2.75) is 77.2 Å². The fraction of sp³-hybridized carbons (Fsp3) is 0.929. The van der Waals surface area contributed by atoms with Crippen LogP contribution in [0.1, 0.15) is 52.9 Å². The second-order valence-electron chi connectivity index (χ2n) is 5.76. The molecule has 0 saturated carbocycles. The molecular weight excluding hydrogens is 269 g/mol. The first-order chi connectivity index (χ1) is 9.22. The van der Waals surface area contributed by atoms with E-state index in [9.17, 15) is 18.0 Å². The molecule has 1 amide bonds. The third-order valence-corrected chi connectivity index (χ3v) is 4.03. The van der Waals surface area contributed by atoms with Crippen LogP contribution in [0.3, 0.4) is 0 Å². The van der Waals surface area contributed by atoms with Crippen molar-refractivity contribution in [2.24, 2.45) is 0 Å². The largest absolute Gasteiger partial charge is 0.389 e. The molecular formula is C14H25F3N2O. The maximum Gasteiger partial charge on any atom is 0.389 e. The SMILES string of the molecule is C[C@@H]1CC[C@H](C)N1[C@H](C)C(=O)NCCCCC(F)(F)F. The first kappa shape index (κ1) is 17.3. The lowest BCUT2D eigenvalue weighted by Gasteiger charge is -2.31. The summed E-state index contributed by atoms with van der Waals surface area (Å²) in [6.07, 6.45) is -2.27. The molecule has 0 bridgehead atoms. The van der Waals surface area contributed by atoms with E-state index in [-0.39, 0.29) is 18.4 Å². The van der Waals surface area contributed by atoms with Gasteiger partial charge in [0, 0.05) is 25.0 Å². The molecule has 118 valence electrons. The van der Waals surface area contributed by atoms with E-state index < -0.39 is 12.6 Å². The van der Waals surface area contributed by atoms with Gasteiger partial charge in [0.25, 0.3) is 0 Å². The summed E-state index contributed by atoms with van der Waals surface area (Å²) >= 11 is 0. The molecule has 0 aromatic heterocycles. The quantitative estimate of drug-likeness (QED) is 0.764. The summed E-state index contributed by atoms with van der Waals surface area (Å²) in [5.74, 6) is -0.0855. The molecule has 1 aliphatic rings. The minimum absolute atomic E-state index is 0.0642. The number of carbonyl (C=O) groups excluding carboxylic acids is 1. The van der Waals surface area contributed by atoms with Crippen LogP contribution in [0.2, 0.25) is 0 Å². The van der Waals surface area contributed by atoms with E-state index in [1.807, 2.05) is 6.92 Å². The lowest BCUT2D eigenvalue weighted by molar-refractivity contribution is -0.135. The van der Waals surface area contributed by atoms with E-state index in [2.05, 4.69) is 24.1 Å². The van der Waals surface area contributed by atoms with Crippen molar-refractivity contribution in [3.05, 3.63) is 0 Å². The molecule has 1 fully saturated rings. The standard InChI is InChI=1S/C14H25F3N2O/c1-10-6-7-11(2)19(10)12(3)13(20)18-9-5-4-8-14(15,16)17/h10-12H,4-9H2,1-3H3,(H,18,20)/t10-,11+,12-/m1/s1. The van der Waals surface area contributed by atoms with Gasteiger partial charge in [-0.15, -0.1) is 0 Å². The molecule has 1 rings (SSSR count). The maximum absolute atomic E-state index is 12.0. The number of alkyl halides is 3. The van der Waals surface area contributed by atoms with Gasteiger partial charge in [-0.1, -0.05) is 0 Å². The Labute approximate surface area is 118 Å². The molecule has 3 nitrogen and oxygen atoms in total. The highest BCUT2D eigenvalue weighted by Gasteiger charge is 2.34. The number of nitrogens with one attached hydrogen (secondary N) is 1. The molecule has 1 aliphatic heterocycles. The Hall–Kier alpha value is -0.780. The Bertz CT molecular complexity index is 310. The van der Waals surface area contributed by atoms with Crippen molar-refractivity contribution in [3.63, 3.8) is 0 Å². The Morgan fingerprint density at radius 3 is 2.30 bits per heavy atom. The number of amides is 1. The zero-order valence-electron chi connectivity index (χ0n) is 12.5. The highest BCUT2D eigenvalue weighted by atomic mass is 19.4. The average molecular weight is 294 g/mol. The Kier molecular flexibility index (Phi) is 6.30. The van der Waals surface area contributed by atoms with Crippen molar-refractivity contribution >= 4 is 5.91 Å². The van der Waals surface area contributed by atoms with Crippen molar-refractivity contribution in [1.29, 1.82) is 0 Å². The van der Waals surface area contributed by atoms with Gasteiger partial charge >= 0.3 is 6.18 Å². The van der Waals surface area contributed by atoms with Gasteiger partial charge in [0.05, 0.1) is 6.04 Å². The summed E-state index contributed by atoms with van der Waals surface area (Å²) in [5.41, 5.74) is 0. The summed E-state index contributed by atoms with van der Waals surface area (Å²) < 4.78 is 35.9. The third kappa shape index (κ3) is 5.31. The number of halogens is 3. The van der Waals surface area contributed by atoms with E-state index in [0.29, 0.717) is 25.0 Å². The maximum atomic E-state index is 12.0. The molecule has 1 saturated heterocycles. The van der Waals surface area contributed by atoms with Crippen LogP contribution >= 0.6 is 0 Å². The van der Waals surface area contributed by atoms with E-state index >= 15 is 0 Å². The summed E-state index contributed by atoms with van der Waals surface area (Å²) in [7, 11) is 0. The second kappa shape index (κ2) is 7.29. The van der Waals surface area contributed by atoms with Crippen molar-refractivity contribution in [2.75, 3.05) is 6.54 Å². The van der Waals surface area contributed by atoms with Crippen LogP contribution in [0.25, 0.3) is 0 Å². The molecule has 0 aliphatic carbocycles. The minimum atomic E-state index is -4.10. The molecule has 1 N–H and O–H groups in total. The van der Waals surface area contributed by atoms with E-state index in [1.54, 1.807) is 0 Å². The zero-order chi connectivity index (χ0) is 15.3. The van der Waals surface area contributed by atoms with E-state index in [4.69, 9.17) is 0 Å². The highest BCUT2D eigenvalue weighted by Crippen LogP contribution is 2.26. The number of rotatable bonds is 6. The summed E-state index contributed by atoms with van der Waals surface area (Å²) in [6, 6.07) is 0.553. The smallest absolute Gasteiger partial charge is 0.355 e. The van der Waals surface area contributed by atoms with Gasteiger partial charge in [0.2, 0.25) is 5.91 Å². The number of hydrogen-bond acceptors (Lipinski definition) is 2. The number of carbonyl (C=O) groups is 1. The fourth-order valence-electron chi connectivity index (χ4n) is 2.92. The summed E-state index contributed by atoms with van der Waals surface area (Å²) in [5, 5.41) is 2.74. The first-order valence-electron chi connectivity index (χ1n) is 7.34. The summed E-state index contributed by atoms with van der Waals surface area (Å²) in [4.78, 5) is 14.2. The molecule has 20 heavy (non-hydrogen) atoms. The molecule has 0 radical (unpaired) electrons. The fourth-order valence-corrected chi connectivity index (χ4v) is 2.92. The van der Waals surface area contributed by atoms with Crippen LogP contribution in [-0.2, 0) is 4.79 Å². The molecule has 1 heterocycles. The number of likely N-dealkylation sites (tertiary alicyclic amines) is 1. The molecule has 0 aromatic carbocycles. The van der Waals surface area contributed by atoms with Crippen LogP contribution in [0, 0.1) is 0 Å². The van der Waals surface area contributed by atoms with Crippen LogP contribution in [0.4, 0.5) is 13.2 Å². The molecule has 0 spiro atoms. The predicted octanol–water partition coefficient (Wildman–Crippen LogP) is 3.10. The van der Waals surface area contributed by atoms with Crippen molar-refractivity contribution in [3.8, 4) is 0 Å². The van der Waals surface area contributed by atoms with Gasteiger partial charge in [-0.2, -0.15) is 13.2 Å². The topological polar surface area (TPSA) is 32.3 Å². The van der Waals surface area contributed by atoms with Gasteiger partial charge in [-0.3, -0.25) is 9.69 Å².